The molecule has 0 amide bonds. The molecule has 15 heteroatoms. The number of benzene rings is 4. The fraction of sp³-hybridized carbons (Fsp3) is 0.200. The van der Waals surface area contributed by atoms with Crippen molar-refractivity contribution in [3.05, 3.63) is 133 Å². The molecule has 288 valence electrons. The SMILES string of the molecule is C=CC(=O)OCCCCOc1ccc(C(=O)Oc2ccc(S(=O)(=O)c3ccc(OC(=O)c4ccc(OCCCCOC(=O)C=C)cc4F)cc3)cc2)c(F)c1. The first-order valence-corrected chi connectivity index (χ1v) is 18.2. The van der Waals surface area contributed by atoms with Gasteiger partial charge < -0.3 is 28.4 Å². The van der Waals surface area contributed by atoms with Gasteiger partial charge in [-0.2, -0.15) is 0 Å². The van der Waals surface area contributed by atoms with E-state index in [2.05, 4.69) is 13.2 Å². The number of hydrogen-bond acceptors (Lipinski definition) is 12. The summed E-state index contributed by atoms with van der Waals surface area (Å²) < 4.78 is 87.0. The second-order valence-electron chi connectivity index (χ2n) is 11.4. The predicted octanol–water partition coefficient (Wildman–Crippen LogP) is 7.01. The van der Waals surface area contributed by atoms with Crippen molar-refractivity contribution in [2.24, 2.45) is 0 Å². The molecule has 0 spiro atoms. The fourth-order valence-electron chi connectivity index (χ4n) is 4.59. The average molecular weight is 779 g/mol. The highest BCUT2D eigenvalue weighted by molar-refractivity contribution is 7.91. The molecule has 4 aromatic carbocycles. The lowest BCUT2D eigenvalue weighted by Crippen LogP contribution is -2.11. The van der Waals surface area contributed by atoms with Crippen molar-refractivity contribution < 1.29 is 64.8 Å². The Balaban J connectivity index is 1.26. The third-order valence-corrected chi connectivity index (χ3v) is 9.23. The van der Waals surface area contributed by atoms with E-state index in [4.69, 9.17) is 28.4 Å². The number of halogens is 2. The summed E-state index contributed by atoms with van der Waals surface area (Å²) in [6, 6.07) is 17.0. The molecule has 0 fully saturated rings. The van der Waals surface area contributed by atoms with E-state index in [0.717, 1.165) is 24.3 Å². The van der Waals surface area contributed by atoms with Crippen LogP contribution in [0.5, 0.6) is 23.0 Å². The number of rotatable bonds is 20. The van der Waals surface area contributed by atoms with Crippen LogP contribution in [-0.4, -0.2) is 58.7 Å². The Morgan fingerprint density at radius 1 is 0.527 bits per heavy atom. The van der Waals surface area contributed by atoms with Gasteiger partial charge >= 0.3 is 23.9 Å². The molecule has 0 unspecified atom stereocenters. The van der Waals surface area contributed by atoms with Crippen LogP contribution in [0, 0.1) is 11.6 Å². The zero-order valence-corrected chi connectivity index (χ0v) is 30.2. The summed E-state index contributed by atoms with van der Waals surface area (Å²) in [6.45, 7) is 7.42. The van der Waals surface area contributed by atoms with Crippen LogP contribution < -0.4 is 18.9 Å². The Bertz CT molecular complexity index is 1970. The van der Waals surface area contributed by atoms with Gasteiger partial charge in [0.15, 0.2) is 0 Å². The molecule has 0 aromatic heterocycles. The smallest absolute Gasteiger partial charge is 0.346 e. The molecule has 4 rings (SSSR count). The number of hydrogen-bond donors (Lipinski definition) is 0. The van der Waals surface area contributed by atoms with Gasteiger partial charge in [0, 0.05) is 24.3 Å². The Labute approximate surface area is 315 Å². The first kappa shape index (κ1) is 41.4. The summed E-state index contributed by atoms with van der Waals surface area (Å²) in [6.07, 6.45) is 4.23. The minimum atomic E-state index is -4.07. The van der Waals surface area contributed by atoms with Gasteiger partial charge in [-0.25, -0.2) is 36.4 Å². The van der Waals surface area contributed by atoms with Gasteiger partial charge in [0.2, 0.25) is 9.84 Å². The van der Waals surface area contributed by atoms with Crippen LogP contribution in [-0.2, 0) is 28.9 Å². The minimum Gasteiger partial charge on any atom is -0.493 e. The highest BCUT2D eigenvalue weighted by Crippen LogP contribution is 2.27. The molecule has 12 nitrogen and oxygen atoms in total. The molecule has 0 heterocycles. The summed E-state index contributed by atoms with van der Waals surface area (Å²) >= 11 is 0. The second-order valence-corrected chi connectivity index (χ2v) is 13.3. The summed E-state index contributed by atoms with van der Waals surface area (Å²) in [7, 11) is -4.07. The van der Waals surface area contributed by atoms with E-state index in [0.29, 0.717) is 25.7 Å². The third-order valence-electron chi connectivity index (χ3n) is 7.45. The molecule has 0 aliphatic carbocycles. The largest absolute Gasteiger partial charge is 0.493 e. The summed E-state index contributed by atoms with van der Waals surface area (Å²) in [5, 5.41) is 0. The topological polar surface area (TPSA) is 158 Å². The highest BCUT2D eigenvalue weighted by Gasteiger charge is 2.21. The molecule has 0 bridgehead atoms. The van der Waals surface area contributed by atoms with Crippen LogP contribution in [0.4, 0.5) is 8.78 Å². The highest BCUT2D eigenvalue weighted by atomic mass is 32.2. The van der Waals surface area contributed by atoms with E-state index >= 15 is 0 Å². The normalized spacial score (nSPS) is 10.8. The van der Waals surface area contributed by atoms with E-state index in [1.807, 2.05) is 0 Å². The molecule has 0 N–H and O–H groups in total. The Kier molecular flexibility index (Phi) is 15.2. The number of carbonyl (C=O) groups is 4. The first-order chi connectivity index (χ1) is 26.4. The van der Waals surface area contributed by atoms with Crippen LogP contribution in [0.2, 0.25) is 0 Å². The molecule has 55 heavy (non-hydrogen) atoms. The lowest BCUT2D eigenvalue weighted by molar-refractivity contribution is -0.138. The van der Waals surface area contributed by atoms with Gasteiger partial charge in [-0.1, -0.05) is 13.2 Å². The molecular weight excluding hydrogens is 742 g/mol. The number of esters is 4. The van der Waals surface area contributed by atoms with Crippen LogP contribution in [0.25, 0.3) is 0 Å². The van der Waals surface area contributed by atoms with E-state index < -0.39 is 45.3 Å². The average Bonchev–Trinajstić information content (AvgIpc) is 3.17. The zero-order chi connectivity index (χ0) is 39.8. The van der Waals surface area contributed by atoms with Gasteiger partial charge in [0.1, 0.15) is 34.6 Å². The van der Waals surface area contributed by atoms with E-state index in [-0.39, 0.29) is 70.3 Å². The van der Waals surface area contributed by atoms with Gasteiger partial charge in [0.25, 0.3) is 0 Å². The van der Waals surface area contributed by atoms with Crippen molar-refractivity contribution >= 4 is 33.7 Å². The summed E-state index contributed by atoms with van der Waals surface area (Å²) in [5.74, 6) is -4.60. The molecule has 0 saturated heterocycles. The molecule has 0 saturated carbocycles. The molecule has 4 aromatic rings. The van der Waals surface area contributed by atoms with Crippen LogP contribution in [0.3, 0.4) is 0 Å². The zero-order valence-electron chi connectivity index (χ0n) is 29.4. The Morgan fingerprint density at radius 2 is 0.873 bits per heavy atom. The lowest BCUT2D eigenvalue weighted by Gasteiger charge is -2.10. The Morgan fingerprint density at radius 3 is 1.22 bits per heavy atom. The molecular formula is C40H36F2O12S. The van der Waals surface area contributed by atoms with Crippen molar-refractivity contribution in [2.75, 3.05) is 26.4 Å². The summed E-state index contributed by atoms with van der Waals surface area (Å²) in [5.41, 5.74) is -0.743. The van der Waals surface area contributed by atoms with Gasteiger partial charge in [-0.05, 0) is 98.5 Å². The minimum absolute atomic E-state index is 0.0429. The van der Waals surface area contributed by atoms with Crippen molar-refractivity contribution in [1.82, 2.24) is 0 Å². The molecule has 0 aliphatic heterocycles. The van der Waals surface area contributed by atoms with E-state index in [1.54, 1.807) is 0 Å². The number of carbonyl (C=O) groups excluding carboxylic acids is 4. The molecule has 0 radical (unpaired) electrons. The standard InChI is InChI=1S/C40H36F2O12S/c1-3-37(43)51-23-7-5-21-49-29-13-19-33(35(41)25-29)39(45)53-27-9-15-31(16-10-27)55(47,48)32-17-11-28(12-18-32)54-40(46)34-20-14-30(26-36(34)42)50-22-6-8-24-52-38(44)4-2/h3-4,9-20,25-26H,1-2,5-8,21-24H2. The second kappa shape index (κ2) is 20.2. The van der Waals surface area contributed by atoms with Gasteiger partial charge in [-0.3, -0.25) is 0 Å². The van der Waals surface area contributed by atoms with Gasteiger partial charge in [-0.15, -0.1) is 0 Å². The lowest BCUT2D eigenvalue weighted by atomic mass is 10.2. The van der Waals surface area contributed by atoms with E-state index in [1.165, 1.54) is 72.8 Å². The van der Waals surface area contributed by atoms with Crippen molar-refractivity contribution in [3.8, 4) is 23.0 Å². The Hall–Kier alpha value is -6.35. The number of unbranched alkanes of at least 4 members (excludes halogenated alkanes) is 2. The van der Waals surface area contributed by atoms with Crippen LogP contribution in [0.15, 0.2) is 120 Å². The monoisotopic (exact) mass is 778 g/mol. The van der Waals surface area contributed by atoms with Crippen molar-refractivity contribution in [2.45, 2.75) is 35.5 Å². The fourth-order valence-corrected chi connectivity index (χ4v) is 5.85. The summed E-state index contributed by atoms with van der Waals surface area (Å²) in [4.78, 5) is 47.0. The van der Waals surface area contributed by atoms with Crippen molar-refractivity contribution in [3.63, 3.8) is 0 Å². The van der Waals surface area contributed by atoms with Crippen molar-refractivity contribution in [1.29, 1.82) is 0 Å². The quantitative estimate of drug-likeness (QED) is 0.0392. The molecule has 0 aliphatic rings. The van der Waals surface area contributed by atoms with Crippen LogP contribution in [0.1, 0.15) is 46.4 Å². The van der Waals surface area contributed by atoms with Gasteiger partial charge in [0.05, 0.1) is 47.3 Å². The maximum atomic E-state index is 14.7. The van der Waals surface area contributed by atoms with Crippen LogP contribution >= 0.6 is 0 Å². The van der Waals surface area contributed by atoms with E-state index in [9.17, 15) is 36.4 Å². The molecule has 0 atom stereocenters. The first-order valence-electron chi connectivity index (χ1n) is 16.7. The number of ether oxygens (including phenoxy) is 6. The predicted molar refractivity (Wildman–Crippen MR) is 193 cm³/mol. The maximum Gasteiger partial charge on any atom is 0.346 e. The maximum absolute atomic E-state index is 14.7. The third kappa shape index (κ3) is 12.4. The number of sulfone groups is 1.